The van der Waals surface area contributed by atoms with E-state index in [4.69, 9.17) is 4.42 Å². The Morgan fingerprint density at radius 1 is 1.77 bits per heavy atom. The topological polar surface area (TPSA) is 55.1 Å². The average Bonchev–Trinajstić information content (AvgIpc) is 2.47. The fourth-order valence-electron chi connectivity index (χ4n) is 0.789. The van der Waals surface area contributed by atoms with E-state index in [0.29, 0.717) is 18.1 Å². The van der Waals surface area contributed by atoms with E-state index >= 15 is 0 Å². The standard InChI is InChI=1S/C9H12N2O2/c1-6(2)4-10-9(12)8-5-13-7(3)11-8/h5H,1,4H2,2-3H3,(H,10,12). The maximum Gasteiger partial charge on any atom is 0.273 e. The normalized spacial score (nSPS) is 9.69. The highest BCUT2D eigenvalue weighted by Gasteiger charge is 2.08. The summed E-state index contributed by atoms with van der Waals surface area (Å²) in [5, 5.41) is 2.65. The molecular weight excluding hydrogens is 168 g/mol. The van der Waals surface area contributed by atoms with Crippen LogP contribution < -0.4 is 5.32 Å². The first-order chi connectivity index (χ1) is 6.09. The summed E-state index contributed by atoms with van der Waals surface area (Å²) >= 11 is 0. The molecule has 0 aliphatic carbocycles. The van der Waals surface area contributed by atoms with Crippen molar-refractivity contribution in [3.63, 3.8) is 0 Å². The minimum atomic E-state index is -0.236. The SMILES string of the molecule is C=C(C)CNC(=O)c1coc(C)n1. The van der Waals surface area contributed by atoms with Crippen molar-refractivity contribution < 1.29 is 9.21 Å². The number of amides is 1. The van der Waals surface area contributed by atoms with E-state index in [9.17, 15) is 4.79 Å². The van der Waals surface area contributed by atoms with Gasteiger partial charge in [0.15, 0.2) is 11.6 Å². The van der Waals surface area contributed by atoms with Gasteiger partial charge in [0.1, 0.15) is 6.26 Å². The molecule has 0 aromatic carbocycles. The molecule has 0 fully saturated rings. The molecule has 0 radical (unpaired) electrons. The summed E-state index contributed by atoms with van der Waals surface area (Å²) in [6.45, 7) is 7.66. The van der Waals surface area contributed by atoms with Gasteiger partial charge in [-0.25, -0.2) is 4.98 Å². The van der Waals surface area contributed by atoms with Crippen LogP contribution in [0.2, 0.25) is 0 Å². The Bertz CT molecular complexity index is 328. The highest BCUT2D eigenvalue weighted by Crippen LogP contribution is 1.99. The molecule has 13 heavy (non-hydrogen) atoms. The van der Waals surface area contributed by atoms with Crippen molar-refractivity contribution in [2.24, 2.45) is 0 Å². The van der Waals surface area contributed by atoms with Crippen molar-refractivity contribution in [1.82, 2.24) is 10.3 Å². The Labute approximate surface area is 76.7 Å². The van der Waals surface area contributed by atoms with Crippen molar-refractivity contribution in [3.8, 4) is 0 Å². The third kappa shape index (κ3) is 2.74. The zero-order chi connectivity index (χ0) is 9.84. The molecule has 4 nitrogen and oxygen atoms in total. The predicted octanol–water partition coefficient (Wildman–Crippen LogP) is 1.29. The summed E-state index contributed by atoms with van der Waals surface area (Å²) in [6, 6.07) is 0. The van der Waals surface area contributed by atoms with Crippen molar-refractivity contribution in [2.45, 2.75) is 13.8 Å². The van der Waals surface area contributed by atoms with E-state index in [1.165, 1.54) is 6.26 Å². The van der Waals surface area contributed by atoms with E-state index in [0.717, 1.165) is 5.57 Å². The molecule has 1 rings (SSSR count). The van der Waals surface area contributed by atoms with Crippen LogP contribution in [0.25, 0.3) is 0 Å². The molecule has 0 aliphatic rings. The number of hydrogen-bond acceptors (Lipinski definition) is 3. The van der Waals surface area contributed by atoms with Crippen LogP contribution in [0.5, 0.6) is 0 Å². The first-order valence-corrected chi connectivity index (χ1v) is 3.94. The number of nitrogens with zero attached hydrogens (tertiary/aromatic N) is 1. The molecule has 1 amide bonds. The number of oxazole rings is 1. The summed E-state index contributed by atoms with van der Waals surface area (Å²) < 4.78 is 4.90. The summed E-state index contributed by atoms with van der Waals surface area (Å²) in [6.07, 6.45) is 1.34. The van der Waals surface area contributed by atoms with Gasteiger partial charge >= 0.3 is 0 Å². The molecule has 0 unspecified atom stereocenters. The summed E-state index contributed by atoms with van der Waals surface area (Å²) in [7, 11) is 0. The maximum absolute atomic E-state index is 11.3. The molecule has 1 N–H and O–H groups in total. The minimum absolute atomic E-state index is 0.236. The summed E-state index contributed by atoms with van der Waals surface area (Å²) in [4.78, 5) is 15.2. The molecule has 0 bridgehead atoms. The number of carbonyl (C=O) groups is 1. The van der Waals surface area contributed by atoms with Gasteiger partial charge in [0.2, 0.25) is 0 Å². The fraction of sp³-hybridized carbons (Fsp3) is 0.333. The molecule has 1 heterocycles. The second-order valence-corrected chi connectivity index (χ2v) is 2.89. The van der Waals surface area contributed by atoms with Gasteiger partial charge in [-0.05, 0) is 6.92 Å². The largest absolute Gasteiger partial charge is 0.448 e. The molecule has 0 atom stereocenters. The van der Waals surface area contributed by atoms with E-state index < -0.39 is 0 Å². The Morgan fingerprint density at radius 3 is 2.92 bits per heavy atom. The van der Waals surface area contributed by atoms with Crippen LogP contribution in [0.15, 0.2) is 22.8 Å². The van der Waals surface area contributed by atoms with E-state index in [1.807, 2.05) is 6.92 Å². The molecule has 0 saturated carbocycles. The second kappa shape index (κ2) is 3.89. The lowest BCUT2D eigenvalue weighted by atomic mass is 10.3. The lowest BCUT2D eigenvalue weighted by Gasteiger charge is -2.00. The van der Waals surface area contributed by atoms with Crippen molar-refractivity contribution in [1.29, 1.82) is 0 Å². The van der Waals surface area contributed by atoms with Crippen LogP contribution in [0, 0.1) is 6.92 Å². The van der Waals surface area contributed by atoms with Crippen LogP contribution in [0.1, 0.15) is 23.3 Å². The van der Waals surface area contributed by atoms with Crippen LogP contribution >= 0.6 is 0 Å². The van der Waals surface area contributed by atoms with Crippen LogP contribution in [0.4, 0.5) is 0 Å². The van der Waals surface area contributed by atoms with E-state index in [1.54, 1.807) is 6.92 Å². The highest BCUT2D eigenvalue weighted by atomic mass is 16.3. The molecule has 1 aromatic heterocycles. The van der Waals surface area contributed by atoms with E-state index in [-0.39, 0.29) is 5.91 Å². The van der Waals surface area contributed by atoms with Gasteiger partial charge in [0.25, 0.3) is 5.91 Å². The molecule has 0 spiro atoms. The zero-order valence-corrected chi connectivity index (χ0v) is 7.76. The smallest absolute Gasteiger partial charge is 0.273 e. The minimum Gasteiger partial charge on any atom is -0.448 e. The van der Waals surface area contributed by atoms with Crippen molar-refractivity contribution in [3.05, 3.63) is 30.0 Å². The van der Waals surface area contributed by atoms with Crippen LogP contribution in [0.3, 0.4) is 0 Å². The Hall–Kier alpha value is -1.58. The van der Waals surface area contributed by atoms with Gasteiger partial charge in [-0.3, -0.25) is 4.79 Å². The first kappa shape index (κ1) is 9.51. The van der Waals surface area contributed by atoms with Gasteiger partial charge < -0.3 is 9.73 Å². The molecule has 1 aromatic rings. The quantitative estimate of drug-likeness (QED) is 0.713. The summed E-state index contributed by atoms with van der Waals surface area (Å²) in [5.41, 5.74) is 1.20. The third-order valence-corrected chi connectivity index (χ3v) is 1.40. The van der Waals surface area contributed by atoms with Crippen LogP contribution in [-0.2, 0) is 0 Å². The predicted molar refractivity (Wildman–Crippen MR) is 48.4 cm³/mol. The fourth-order valence-corrected chi connectivity index (χ4v) is 0.789. The first-order valence-electron chi connectivity index (χ1n) is 3.94. The molecule has 0 aliphatic heterocycles. The Morgan fingerprint density at radius 2 is 2.46 bits per heavy atom. The van der Waals surface area contributed by atoms with Gasteiger partial charge in [0, 0.05) is 13.5 Å². The molecular formula is C9H12N2O2. The molecule has 4 heteroatoms. The van der Waals surface area contributed by atoms with Gasteiger partial charge in [-0.1, -0.05) is 12.2 Å². The monoisotopic (exact) mass is 180 g/mol. The number of hydrogen-bond donors (Lipinski definition) is 1. The highest BCUT2D eigenvalue weighted by molar-refractivity contribution is 5.92. The van der Waals surface area contributed by atoms with Gasteiger partial charge in [-0.2, -0.15) is 0 Å². The number of aromatic nitrogens is 1. The maximum atomic E-state index is 11.3. The Kier molecular flexibility index (Phi) is 2.84. The van der Waals surface area contributed by atoms with Crippen molar-refractivity contribution in [2.75, 3.05) is 6.54 Å². The van der Waals surface area contributed by atoms with Gasteiger partial charge in [0.05, 0.1) is 0 Å². The number of nitrogens with one attached hydrogen (secondary N) is 1. The lowest BCUT2D eigenvalue weighted by Crippen LogP contribution is -2.25. The molecule has 0 saturated heterocycles. The van der Waals surface area contributed by atoms with E-state index in [2.05, 4.69) is 16.9 Å². The summed E-state index contributed by atoms with van der Waals surface area (Å²) in [5.74, 6) is 0.250. The Balaban J connectivity index is 2.54. The zero-order valence-electron chi connectivity index (χ0n) is 7.76. The number of rotatable bonds is 3. The van der Waals surface area contributed by atoms with Gasteiger partial charge in [-0.15, -0.1) is 0 Å². The average molecular weight is 180 g/mol. The lowest BCUT2D eigenvalue weighted by molar-refractivity contribution is 0.0952. The van der Waals surface area contributed by atoms with Crippen LogP contribution in [-0.4, -0.2) is 17.4 Å². The number of carbonyl (C=O) groups excluding carboxylic acids is 1. The number of aryl methyl sites for hydroxylation is 1. The van der Waals surface area contributed by atoms with Crippen molar-refractivity contribution >= 4 is 5.91 Å². The molecule has 70 valence electrons. The second-order valence-electron chi connectivity index (χ2n) is 2.89. The third-order valence-electron chi connectivity index (χ3n) is 1.40.